The van der Waals surface area contributed by atoms with Crippen LogP contribution in [-0.4, -0.2) is 17.4 Å². The van der Waals surface area contributed by atoms with E-state index in [-0.39, 0.29) is 0 Å². The first-order valence-electron chi connectivity index (χ1n) is 3.03. The zero-order valence-electron chi connectivity index (χ0n) is 5.59. The zero-order valence-corrected chi connectivity index (χ0v) is 6.75. The van der Waals surface area contributed by atoms with Crippen LogP contribution in [0.25, 0.3) is 0 Å². The summed E-state index contributed by atoms with van der Waals surface area (Å²) < 4.78 is 0. The lowest BCUT2D eigenvalue weighted by molar-refractivity contribution is 0.230. The van der Waals surface area contributed by atoms with E-state index in [1.165, 1.54) is 0 Å². The molecule has 50 valence electrons. The van der Waals surface area contributed by atoms with Crippen LogP contribution in [0.15, 0.2) is 0 Å². The van der Waals surface area contributed by atoms with Crippen molar-refractivity contribution in [1.82, 2.24) is 0 Å². The fourth-order valence-corrected chi connectivity index (χ4v) is 1.17. The number of hydrogen-bond acceptors (Lipinski definition) is 1. The van der Waals surface area contributed by atoms with Crippen molar-refractivity contribution in [3.63, 3.8) is 0 Å². The molecule has 0 saturated carbocycles. The molecule has 0 aliphatic rings. The van der Waals surface area contributed by atoms with Crippen LogP contribution in [0.1, 0.15) is 20.3 Å². The third kappa shape index (κ3) is 4.55. The number of aliphatic hydroxyl groups is 1. The molecule has 8 heavy (non-hydrogen) atoms. The quantitative estimate of drug-likeness (QED) is 0.576. The van der Waals surface area contributed by atoms with Crippen molar-refractivity contribution in [3.8, 4) is 0 Å². The second-order valence-electron chi connectivity index (χ2n) is 2.50. The van der Waals surface area contributed by atoms with Gasteiger partial charge in [0.2, 0.25) is 0 Å². The molecule has 1 N–H and O–H groups in total. The van der Waals surface area contributed by atoms with Gasteiger partial charge in [-0.15, -0.1) is 9.24 Å². The minimum absolute atomic E-state index is 0.318. The summed E-state index contributed by atoms with van der Waals surface area (Å²) in [4.78, 5) is 0. The zero-order chi connectivity index (χ0) is 6.57. The van der Waals surface area contributed by atoms with Crippen molar-refractivity contribution in [1.29, 1.82) is 0 Å². The Hall–Kier alpha value is 0.390. The summed E-state index contributed by atoms with van der Waals surface area (Å²) in [6, 6.07) is 0. The molecule has 0 aliphatic carbocycles. The molecule has 0 rings (SSSR count). The molecule has 0 heterocycles. The molecular formula is C6H15OP. The van der Waals surface area contributed by atoms with E-state index in [0.717, 1.165) is 6.42 Å². The van der Waals surface area contributed by atoms with Gasteiger partial charge in [-0.1, -0.05) is 13.8 Å². The molecule has 0 bridgehead atoms. The Morgan fingerprint density at radius 3 is 2.12 bits per heavy atom. The van der Waals surface area contributed by atoms with E-state index in [4.69, 9.17) is 5.11 Å². The molecule has 0 amide bonds. The van der Waals surface area contributed by atoms with Gasteiger partial charge < -0.3 is 5.11 Å². The molecular weight excluding hydrogens is 119 g/mol. The molecule has 1 nitrogen and oxygen atoms in total. The Morgan fingerprint density at radius 2 is 2.00 bits per heavy atom. The van der Waals surface area contributed by atoms with Gasteiger partial charge in [0.15, 0.2) is 0 Å². The van der Waals surface area contributed by atoms with E-state index in [0.29, 0.717) is 18.2 Å². The summed E-state index contributed by atoms with van der Waals surface area (Å²) in [5.74, 6) is 0.461. The van der Waals surface area contributed by atoms with Gasteiger partial charge in [0, 0.05) is 6.61 Å². The fraction of sp³-hybridized carbons (Fsp3) is 1.00. The maximum Gasteiger partial charge on any atom is 0.0456 e. The van der Waals surface area contributed by atoms with E-state index in [1.54, 1.807) is 0 Å². The Kier molecular flexibility index (Phi) is 4.50. The summed E-state index contributed by atoms with van der Waals surface area (Å²) >= 11 is 0. The second-order valence-corrected chi connectivity index (χ2v) is 3.64. The van der Waals surface area contributed by atoms with Gasteiger partial charge in [-0.25, -0.2) is 0 Å². The van der Waals surface area contributed by atoms with Gasteiger partial charge in [0.1, 0.15) is 0 Å². The van der Waals surface area contributed by atoms with Crippen LogP contribution in [0, 0.1) is 5.92 Å². The summed E-state index contributed by atoms with van der Waals surface area (Å²) in [7, 11) is 2.72. The van der Waals surface area contributed by atoms with Gasteiger partial charge >= 0.3 is 0 Å². The van der Waals surface area contributed by atoms with Gasteiger partial charge in [0.05, 0.1) is 0 Å². The normalized spacial score (nSPS) is 18.0. The number of aliphatic hydroxyl groups excluding tert-OH is 1. The molecule has 0 spiro atoms. The highest BCUT2D eigenvalue weighted by atomic mass is 31.0. The van der Waals surface area contributed by atoms with Crippen molar-refractivity contribution in [3.05, 3.63) is 0 Å². The first kappa shape index (κ1) is 8.39. The average molecular weight is 134 g/mol. The standard InChI is InChI=1S/C6H15OP/c1-5(4-7)3-6(2)8/h5-7H,3-4,8H2,1-2H3. The van der Waals surface area contributed by atoms with E-state index >= 15 is 0 Å². The highest BCUT2D eigenvalue weighted by molar-refractivity contribution is 7.17. The lowest BCUT2D eigenvalue weighted by Crippen LogP contribution is -2.05. The molecule has 0 aromatic carbocycles. The highest BCUT2D eigenvalue weighted by Crippen LogP contribution is 2.10. The maximum absolute atomic E-state index is 8.57. The monoisotopic (exact) mass is 134 g/mol. The van der Waals surface area contributed by atoms with Crippen LogP contribution < -0.4 is 0 Å². The molecule has 0 aromatic rings. The van der Waals surface area contributed by atoms with E-state index in [1.807, 2.05) is 0 Å². The minimum atomic E-state index is 0.318. The van der Waals surface area contributed by atoms with E-state index in [9.17, 15) is 0 Å². The first-order chi connectivity index (χ1) is 3.66. The average Bonchev–Trinajstić information content (AvgIpc) is 1.65. The summed E-state index contributed by atoms with van der Waals surface area (Å²) in [5, 5.41) is 8.57. The molecule has 3 unspecified atom stereocenters. The highest BCUT2D eigenvalue weighted by Gasteiger charge is 2.01. The molecule has 3 atom stereocenters. The van der Waals surface area contributed by atoms with Crippen molar-refractivity contribution in [2.24, 2.45) is 5.92 Å². The van der Waals surface area contributed by atoms with Crippen molar-refractivity contribution < 1.29 is 5.11 Å². The smallest absolute Gasteiger partial charge is 0.0456 e. The van der Waals surface area contributed by atoms with Crippen molar-refractivity contribution in [2.75, 3.05) is 6.61 Å². The Bertz CT molecular complexity index is 54.5. The third-order valence-corrected chi connectivity index (χ3v) is 1.36. The lowest BCUT2D eigenvalue weighted by Gasteiger charge is -2.08. The molecule has 0 aromatic heterocycles. The molecule has 0 aliphatic heterocycles. The van der Waals surface area contributed by atoms with Gasteiger partial charge in [0.25, 0.3) is 0 Å². The minimum Gasteiger partial charge on any atom is -0.396 e. The first-order valence-corrected chi connectivity index (χ1v) is 3.70. The van der Waals surface area contributed by atoms with E-state index in [2.05, 4.69) is 23.1 Å². The topological polar surface area (TPSA) is 20.2 Å². The summed E-state index contributed by atoms with van der Waals surface area (Å²) in [6.07, 6.45) is 1.10. The van der Waals surface area contributed by atoms with Gasteiger partial charge in [-0.05, 0) is 18.0 Å². The second kappa shape index (κ2) is 4.29. The van der Waals surface area contributed by atoms with Gasteiger partial charge in [-0.2, -0.15) is 0 Å². The Balaban J connectivity index is 3.10. The Morgan fingerprint density at radius 1 is 1.50 bits per heavy atom. The molecule has 2 heteroatoms. The summed E-state index contributed by atoms with van der Waals surface area (Å²) in [5.41, 5.74) is 0.636. The van der Waals surface area contributed by atoms with Gasteiger partial charge in [-0.3, -0.25) is 0 Å². The predicted molar refractivity (Wildman–Crippen MR) is 40.0 cm³/mol. The van der Waals surface area contributed by atoms with Crippen molar-refractivity contribution >= 4 is 9.24 Å². The van der Waals surface area contributed by atoms with E-state index < -0.39 is 0 Å². The van der Waals surface area contributed by atoms with Crippen LogP contribution in [0.4, 0.5) is 0 Å². The molecule has 0 fully saturated rings. The summed E-state index contributed by atoms with van der Waals surface area (Å²) in [6.45, 7) is 4.51. The van der Waals surface area contributed by atoms with Crippen LogP contribution >= 0.6 is 9.24 Å². The predicted octanol–water partition coefficient (Wildman–Crippen LogP) is 1.27. The maximum atomic E-state index is 8.57. The molecule has 0 radical (unpaired) electrons. The van der Waals surface area contributed by atoms with Crippen LogP contribution in [0.2, 0.25) is 0 Å². The largest absolute Gasteiger partial charge is 0.396 e. The third-order valence-electron chi connectivity index (χ3n) is 1.09. The van der Waals surface area contributed by atoms with Crippen molar-refractivity contribution in [2.45, 2.75) is 25.9 Å². The lowest BCUT2D eigenvalue weighted by atomic mass is 10.1. The SMILES string of the molecule is CC(P)CC(C)CO. The van der Waals surface area contributed by atoms with Crippen LogP contribution in [0.3, 0.4) is 0 Å². The number of hydrogen-bond donors (Lipinski definition) is 1. The Labute approximate surface area is 53.7 Å². The fourth-order valence-electron chi connectivity index (χ4n) is 0.709. The van der Waals surface area contributed by atoms with Crippen LogP contribution in [0.5, 0.6) is 0 Å². The van der Waals surface area contributed by atoms with Crippen LogP contribution in [-0.2, 0) is 0 Å². The number of rotatable bonds is 3. The molecule has 0 saturated heterocycles.